The third-order valence-electron chi connectivity index (χ3n) is 4.60. The van der Waals surface area contributed by atoms with E-state index in [1.54, 1.807) is 24.0 Å². The van der Waals surface area contributed by atoms with Crippen molar-refractivity contribution in [3.05, 3.63) is 52.5 Å². The average Bonchev–Trinajstić information content (AvgIpc) is 3.02. The van der Waals surface area contributed by atoms with Gasteiger partial charge in [0, 0.05) is 35.6 Å². The number of carbonyl (C=O) groups is 2. The molecule has 1 atom stereocenters. The lowest BCUT2D eigenvalue weighted by atomic mass is 10.1. The number of aryl methyl sites for hydroxylation is 1. The fourth-order valence-electron chi connectivity index (χ4n) is 3.12. The molecule has 0 fully saturated rings. The predicted octanol–water partition coefficient (Wildman–Crippen LogP) is 2.93. The second kappa shape index (κ2) is 7.87. The first-order valence-corrected chi connectivity index (χ1v) is 8.58. The number of aromatic nitrogens is 2. The molecule has 2 aromatic rings. The fourth-order valence-corrected chi connectivity index (χ4v) is 3.12. The Labute approximate surface area is 160 Å². The zero-order valence-electron chi connectivity index (χ0n) is 15.6. The number of carbonyl (C=O) groups excluding carboxylic acids is 2. The Morgan fingerprint density at radius 3 is 2.75 bits per heavy atom. The van der Waals surface area contributed by atoms with Gasteiger partial charge in [-0.2, -0.15) is 0 Å². The van der Waals surface area contributed by atoms with Crippen LogP contribution in [0.25, 0.3) is 0 Å². The van der Waals surface area contributed by atoms with Crippen LogP contribution in [0, 0.1) is 6.92 Å². The maximum atomic E-state index is 12.8. The van der Waals surface area contributed by atoms with Gasteiger partial charge in [0.15, 0.2) is 12.3 Å². The number of fused-ring (bicyclic) bond motifs is 1. The zero-order chi connectivity index (χ0) is 20.4. The van der Waals surface area contributed by atoms with Crippen molar-refractivity contribution in [3.8, 4) is 5.88 Å². The molecule has 1 aliphatic heterocycles. The first-order chi connectivity index (χ1) is 13.3. The van der Waals surface area contributed by atoms with Crippen LogP contribution in [0.15, 0.2) is 24.5 Å². The molecule has 7 nitrogen and oxygen atoms in total. The molecule has 1 unspecified atom stereocenters. The summed E-state index contributed by atoms with van der Waals surface area (Å²) in [5.41, 5.74) is 2.35. The summed E-state index contributed by atoms with van der Waals surface area (Å²) >= 11 is 0. The first-order valence-electron chi connectivity index (χ1n) is 8.58. The van der Waals surface area contributed by atoms with Gasteiger partial charge in [0.05, 0.1) is 13.2 Å². The quantitative estimate of drug-likeness (QED) is 0.705. The second-order valence-corrected chi connectivity index (χ2v) is 6.38. The van der Waals surface area contributed by atoms with E-state index >= 15 is 0 Å². The maximum Gasteiger partial charge on any atom is 0.357 e. The lowest BCUT2D eigenvalue weighted by molar-refractivity contribution is 0.0589. The van der Waals surface area contributed by atoms with Crippen molar-refractivity contribution in [2.24, 2.45) is 0 Å². The number of nitrogens with zero attached hydrogens (tertiary/aromatic N) is 3. The molecule has 0 spiro atoms. The van der Waals surface area contributed by atoms with Crippen molar-refractivity contribution in [3.63, 3.8) is 0 Å². The van der Waals surface area contributed by atoms with Crippen molar-refractivity contribution in [2.75, 3.05) is 13.7 Å². The van der Waals surface area contributed by atoms with E-state index in [0.717, 1.165) is 5.56 Å². The van der Waals surface area contributed by atoms with Crippen LogP contribution in [0.3, 0.4) is 0 Å². The van der Waals surface area contributed by atoms with Crippen molar-refractivity contribution in [1.82, 2.24) is 14.9 Å². The van der Waals surface area contributed by atoms with Crippen LogP contribution in [0.2, 0.25) is 0 Å². The van der Waals surface area contributed by atoms with Crippen LogP contribution in [-0.2, 0) is 11.3 Å². The zero-order valence-corrected chi connectivity index (χ0v) is 15.6. The standard InChI is InChI=1S/C19H19F2N3O4/c1-10-6-12(7-23-17(10)28-9-15(20)21)11(2)24-8-14-13(18(24)25)4-5-22-16(14)19(26)27-3/h4-7,11,15H,8-9H2,1-3H3. The summed E-state index contributed by atoms with van der Waals surface area (Å²) in [6.45, 7) is 3.00. The third kappa shape index (κ3) is 3.64. The molecular weight excluding hydrogens is 372 g/mol. The third-order valence-corrected chi connectivity index (χ3v) is 4.60. The Balaban J connectivity index is 1.84. The largest absolute Gasteiger partial charge is 0.471 e. The van der Waals surface area contributed by atoms with Crippen LogP contribution in [-0.4, -0.2) is 46.9 Å². The van der Waals surface area contributed by atoms with E-state index in [1.807, 2.05) is 6.92 Å². The van der Waals surface area contributed by atoms with Crippen molar-refractivity contribution in [2.45, 2.75) is 32.9 Å². The molecule has 0 N–H and O–H groups in total. The Morgan fingerprint density at radius 1 is 1.36 bits per heavy atom. The SMILES string of the molecule is COC(=O)c1nccc2c1CN(C(C)c1cnc(OCC(F)F)c(C)c1)C2=O. The number of rotatable bonds is 6. The molecule has 1 amide bonds. The Bertz CT molecular complexity index is 920. The molecule has 3 rings (SSSR count). The molecule has 0 bridgehead atoms. The first kappa shape index (κ1) is 19.7. The number of methoxy groups -OCH3 is 1. The number of alkyl halides is 2. The van der Waals surface area contributed by atoms with Gasteiger partial charge >= 0.3 is 5.97 Å². The van der Waals surface area contributed by atoms with Crippen LogP contribution in [0.1, 0.15) is 50.5 Å². The summed E-state index contributed by atoms with van der Waals surface area (Å²) in [7, 11) is 1.26. The molecule has 0 radical (unpaired) electrons. The van der Waals surface area contributed by atoms with Crippen LogP contribution < -0.4 is 4.74 Å². The molecule has 3 heterocycles. The van der Waals surface area contributed by atoms with Gasteiger partial charge in [-0.1, -0.05) is 0 Å². The molecule has 2 aromatic heterocycles. The molecule has 0 saturated heterocycles. The molecule has 0 aliphatic carbocycles. The fraction of sp³-hybridized carbons (Fsp3) is 0.368. The average molecular weight is 391 g/mol. The summed E-state index contributed by atoms with van der Waals surface area (Å²) in [6, 6.07) is 2.95. The number of halogens is 2. The van der Waals surface area contributed by atoms with Gasteiger partial charge in [-0.15, -0.1) is 0 Å². The summed E-state index contributed by atoms with van der Waals surface area (Å²) < 4.78 is 34.4. The molecule has 148 valence electrons. The molecule has 0 aromatic carbocycles. The molecule has 1 aliphatic rings. The van der Waals surface area contributed by atoms with Gasteiger partial charge in [0.25, 0.3) is 12.3 Å². The van der Waals surface area contributed by atoms with Gasteiger partial charge in [0.2, 0.25) is 5.88 Å². The van der Waals surface area contributed by atoms with Gasteiger partial charge < -0.3 is 14.4 Å². The Morgan fingerprint density at radius 2 is 2.11 bits per heavy atom. The minimum absolute atomic E-state index is 0.119. The van der Waals surface area contributed by atoms with E-state index < -0.39 is 19.0 Å². The van der Waals surface area contributed by atoms with Crippen molar-refractivity contribution in [1.29, 1.82) is 0 Å². The minimum Gasteiger partial charge on any atom is -0.471 e. The smallest absolute Gasteiger partial charge is 0.357 e. The number of pyridine rings is 2. The van der Waals surface area contributed by atoms with Gasteiger partial charge in [-0.25, -0.2) is 23.5 Å². The highest BCUT2D eigenvalue weighted by Crippen LogP contribution is 2.33. The second-order valence-electron chi connectivity index (χ2n) is 6.38. The lowest BCUT2D eigenvalue weighted by Gasteiger charge is -2.25. The Hall–Kier alpha value is -3.10. The summed E-state index contributed by atoms with van der Waals surface area (Å²) in [5.74, 6) is -0.701. The number of hydrogen-bond acceptors (Lipinski definition) is 6. The minimum atomic E-state index is -2.59. The molecule has 0 saturated carbocycles. The predicted molar refractivity (Wildman–Crippen MR) is 94.3 cm³/mol. The monoisotopic (exact) mass is 391 g/mol. The highest BCUT2D eigenvalue weighted by Gasteiger charge is 2.35. The highest BCUT2D eigenvalue weighted by molar-refractivity contribution is 6.02. The van der Waals surface area contributed by atoms with Crippen LogP contribution in [0.5, 0.6) is 5.88 Å². The van der Waals surface area contributed by atoms with E-state index in [1.165, 1.54) is 19.5 Å². The van der Waals surface area contributed by atoms with Gasteiger partial charge in [-0.3, -0.25) is 4.79 Å². The molecule has 9 heteroatoms. The summed E-state index contributed by atoms with van der Waals surface area (Å²) in [6.07, 6.45) is 0.310. The van der Waals surface area contributed by atoms with Crippen molar-refractivity contribution < 1.29 is 27.8 Å². The topological polar surface area (TPSA) is 81.6 Å². The summed E-state index contributed by atoms with van der Waals surface area (Å²) in [4.78, 5) is 34.5. The Kier molecular flexibility index (Phi) is 5.53. The van der Waals surface area contributed by atoms with Crippen LogP contribution >= 0.6 is 0 Å². The lowest BCUT2D eigenvalue weighted by Crippen LogP contribution is -2.27. The van der Waals surface area contributed by atoms with Gasteiger partial charge in [-0.05, 0) is 31.5 Å². The van der Waals surface area contributed by atoms with E-state index in [9.17, 15) is 18.4 Å². The van der Waals surface area contributed by atoms with E-state index in [4.69, 9.17) is 9.47 Å². The normalized spacial score (nSPS) is 14.2. The molecule has 28 heavy (non-hydrogen) atoms. The van der Waals surface area contributed by atoms with Crippen molar-refractivity contribution >= 4 is 11.9 Å². The molecular formula is C19H19F2N3O4. The number of hydrogen-bond donors (Lipinski definition) is 0. The maximum absolute atomic E-state index is 12.8. The number of esters is 1. The van der Waals surface area contributed by atoms with E-state index in [0.29, 0.717) is 16.7 Å². The van der Waals surface area contributed by atoms with E-state index in [-0.39, 0.29) is 30.1 Å². The number of ether oxygens (including phenoxy) is 2. The van der Waals surface area contributed by atoms with E-state index in [2.05, 4.69) is 9.97 Å². The summed E-state index contributed by atoms with van der Waals surface area (Å²) in [5, 5.41) is 0. The number of amides is 1. The van der Waals surface area contributed by atoms with Gasteiger partial charge in [0.1, 0.15) is 0 Å². The van der Waals surface area contributed by atoms with Crippen LogP contribution in [0.4, 0.5) is 8.78 Å². The highest BCUT2D eigenvalue weighted by atomic mass is 19.3.